The number of amides is 1. The van der Waals surface area contributed by atoms with E-state index in [0.717, 1.165) is 11.4 Å². The minimum absolute atomic E-state index is 0.224. The Morgan fingerprint density at radius 3 is 2.42 bits per heavy atom. The maximum Gasteiger partial charge on any atom is 0.344 e. The molecule has 1 N–H and O–H groups in total. The first-order chi connectivity index (χ1) is 14.7. The van der Waals surface area contributed by atoms with Gasteiger partial charge < -0.3 is 19.7 Å². The van der Waals surface area contributed by atoms with E-state index in [9.17, 15) is 9.59 Å². The van der Waals surface area contributed by atoms with Crippen molar-refractivity contribution in [2.24, 2.45) is 0 Å². The number of carbonyl (C=O) groups excluding carboxylic acids is 2. The van der Waals surface area contributed by atoms with Crippen molar-refractivity contribution in [3.63, 3.8) is 0 Å². The summed E-state index contributed by atoms with van der Waals surface area (Å²) in [6, 6.07) is 12.4. The van der Waals surface area contributed by atoms with Crippen LogP contribution in [-0.2, 0) is 14.3 Å². The molecule has 0 spiro atoms. The Morgan fingerprint density at radius 2 is 1.74 bits per heavy atom. The van der Waals surface area contributed by atoms with E-state index in [1.54, 1.807) is 18.2 Å². The molecule has 3 aromatic rings. The average Bonchev–Trinajstić information content (AvgIpc) is 2.72. The summed E-state index contributed by atoms with van der Waals surface area (Å²) in [4.78, 5) is 30.4. The average molecular weight is 462 g/mol. The Hall–Kier alpha value is -3.03. The number of aryl methyl sites for hydroxylation is 1. The van der Waals surface area contributed by atoms with E-state index < -0.39 is 25.1 Å². The van der Waals surface area contributed by atoms with Gasteiger partial charge in [-0.3, -0.25) is 4.79 Å². The van der Waals surface area contributed by atoms with Crippen molar-refractivity contribution in [1.29, 1.82) is 0 Å². The summed E-state index contributed by atoms with van der Waals surface area (Å²) in [5.41, 5.74) is 2.79. The van der Waals surface area contributed by atoms with Gasteiger partial charge in [-0.15, -0.1) is 0 Å². The maximum absolute atomic E-state index is 12.1. The molecule has 0 saturated heterocycles. The van der Waals surface area contributed by atoms with E-state index in [1.165, 1.54) is 6.07 Å². The zero-order valence-corrected chi connectivity index (χ0v) is 18.8. The fraction of sp³-hybridized carbons (Fsp3) is 0.227. The first-order valence-electron chi connectivity index (χ1n) is 9.35. The maximum atomic E-state index is 12.1. The van der Waals surface area contributed by atoms with Crippen molar-refractivity contribution >= 4 is 57.4 Å². The highest BCUT2D eigenvalue weighted by Gasteiger charge is 2.16. The SMILES string of the molecule is Cc1ccc2c(Cl)cc(Cl)c(OCC(=O)OCC(=O)Nc3ccc(N(C)C)cc3)c2n1. The molecule has 7 nitrogen and oxygen atoms in total. The van der Waals surface area contributed by atoms with E-state index in [4.69, 9.17) is 32.7 Å². The lowest BCUT2D eigenvalue weighted by molar-refractivity contribution is -0.149. The van der Waals surface area contributed by atoms with Crippen LogP contribution in [0.4, 0.5) is 11.4 Å². The number of pyridine rings is 1. The third-order valence-electron chi connectivity index (χ3n) is 4.34. The van der Waals surface area contributed by atoms with Crippen molar-refractivity contribution < 1.29 is 19.1 Å². The first kappa shape index (κ1) is 22.7. The van der Waals surface area contributed by atoms with Crippen LogP contribution in [-0.4, -0.2) is 44.2 Å². The van der Waals surface area contributed by atoms with E-state index in [0.29, 0.717) is 21.6 Å². The number of nitrogens with zero attached hydrogens (tertiary/aromatic N) is 2. The van der Waals surface area contributed by atoms with Crippen LogP contribution < -0.4 is 15.0 Å². The standard InChI is InChI=1S/C22H21Cl2N3O4/c1-13-4-9-16-17(23)10-18(24)22(21(16)25-13)31-12-20(29)30-11-19(28)26-14-5-7-15(8-6-14)27(2)3/h4-10H,11-12H2,1-3H3,(H,26,28). The molecule has 0 unspecified atom stereocenters. The predicted octanol–water partition coefficient (Wildman–Crippen LogP) is 4.48. The van der Waals surface area contributed by atoms with Crippen LogP contribution in [0.3, 0.4) is 0 Å². The lowest BCUT2D eigenvalue weighted by Crippen LogP contribution is -2.23. The van der Waals surface area contributed by atoms with Crippen LogP contribution in [0.2, 0.25) is 10.0 Å². The van der Waals surface area contributed by atoms with Gasteiger partial charge in [0.05, 0.1) is 10.0 Å². The zero-order valence-electron chi connectivity index (χ0n) is 17.2. The molecule has 9 heteroatoms. The molecule has 3 rings (SSSR count). The summed E-state index contributed by atoms with van der Waals surface area (Å²) in [6.07, 6.45) is 0. The van der Waals surface area contributed by atoms with Gasteiger partial charge in [0.25, 0.3) is 5.91 Å². The van der Waals surface area contributed by atoms with Crippen LogP contribution in [0.25, 0.3) is 10.9 Å². The quantitative estimate of drug-likeness (QED) is 0.522. The summed E-state index contributed by atoms with van der Waals surface area (Å²) < 4.78 is 10.5. The summed E-state index contributed by atoms with van der Waals surface area (Å²) in [5.74, 6) is -0.949. The van der Waals surface area contributed by atoms with Gasteiger partial charge in [-0.2, -0.15) is 0 Å². The molecule has 1 amide bonds. The lowest BCUT2D eigenvalue weighted by atomic mass is 10.2. The van der Waals surface area contributed by atoms with Crippen molar-refractivity contribution in [3.8, 4) is 5.75 Å². The fourth-order valence-electron chi connectivity index (χ4n) is 2.79. The number of fused-ring (bicyclic) bond motifs is 1. The topological polar surface area (TPSA) is 80.8 Å². The molecular weight excluding hydrogens is 441 g/mol. The Balaban J connectivity index is 1.56. The minimum Gasteiger partial charge on any atom is -0.478 e. The Kier molecular flexibility index (Phi) is 7.20. The van der Waals surface area contributed by atoms with E-state index >= 15 is 0 Å². The van der Waals surface area contributed by atoms with Crippen LogP contribution in [0, 0.1) is 6.92 Å². The van der Waals surface area contributed by atoms with E-state index in [1.807, 2.05) is 44.1 Å². The number of carbonyl (C=O) groups is 2. The molecule has 1 aromatic heterocycles. The number of hydrogen-bond acceptors (Lipinski definition) is 6. The Bertz CT molecular complexity index is 1120. The molecule has 0 fully saturated rings. The number of halogens is 2. The van der Waals surface area contributed by atoms with Gasteiger partial charge in [-0.25, -0.2) is 9.78 Å². The Morgan fingerprint density at radius 1 is 1.03 bits per heavy atom. The summed E-state index contributed by atoms with van der Waals surface area (Å²) in [5, 5.41) is 3.97. The van der Waals surface area contributed by atoms with E-state index in [-0.39, 0.29) is 10.8 Å². The number of ether oxygens (including phenoxy) is 2. The van der Waals surface area contributed by atoms with Crippen molar-refractivity contribution in [2.45, 2.75) is 6.92 Å². The molecule has 0 saturated carbocycles. The molecule has 162 valence electrons. The number of nitrogens with one attached hydrogen (secondary N) is 1. The molecular formula is C22H21Cl2N3O4. The van der Waals surface area contributed by atoms with Gasteiger partial charge in [-0.1, -0.05) is 23.2 Å². The second-order valence-electron chi connectivity index (χ2n) is 6.96. The largest absolute Gasteiger partial charge is 0.478 e. The number of esters is 1. The lowest BCUT2D eigenvalue weighted by Gasteiger charge is -2.13. The number of rotatable bonds is 7. The second kappa shape index (κ2) is 9.85. The molecule has 0 bridgehead atoms. The minimum atomic E-state index is -0.718. The monoisotopic (exact) mass is 461 g/mol. The first-order valence-corrected chi connectivity index (χ1v) is 10.1. The normalized spacial score (nSPS) is 10.6. The van der Waals surface area contributed by atoms with Gasteiger partial charge in [-0.05, 0) is 49.4 Å². The number of anilines is 2. The highest BCUT2D eigenvalue weighted by atomic mass is 35.5. The van der Waals surface area contributed by atoms with Crippen molar-refractivity contribution in [1.82, 2.24) is 4.98 Å². The second-order valence-corrected chi connectivity index (χ2v) is 7.77. The van der Waals surface area contributed by atoms with Crippen LogP contribution in [0.1, 0.15) is 5.69 Å². The molecule has 0 aliphatic carbocycles. The highest BCUT2D eigenvalue weighted by molar-refractivity contribution is 6.39. The Labute approximate surface area is 189 Å². The summed E-state index contributed by atoms with van der Waals surface area (Å²) in [6.45, 7) is 0.944. The molecule has 31 heavy (non-hydrogen) atoms. The van der Waals surface area contributed by atoms with Gasteiger partial charge in [0, 0.05) is 36.6 Å². The molecule has 0 radical (unpaired) electrons. The molecule has 1 heterocycles. The molecule has 0 atom stereocenters. The smallest absolute Gasteiger partial charge is 0.344 e. The number of benzene rings is 2. The third kappa shape index (κ3) is 5.77. The highest BCUT2D eigenvalue weighted by Crippen LogP contribution is 2.37. The zero-order chi connectivity index (χ0) is 22.5. The third-order valence-corrected chi connectivity index (χ3v) is 4.94. The summed E-state index contributed by atoms with van der Waals surface area (Å²) in [7, 11) is 3.85. The molecule has 0 aliphatic rings. The fourth-order valence-corrected chi connectivity index (χ4v) is 3.36. The molecule has 2 aromatic carbocycles. The van der Waals surface area contributed by atoms with Gasteiger partial charge in [0.1, 0.15) is 5.52 Å². The molecule has 0 aliphatic heterocycles. The van der Waals surface area contributed by atoms with Crippen molar-refractivity contribution in [3.05, 3.63) is 58.2 Å². The summed E-state index contributed by atoms with van der Waals surface area (Å²) >= 11 is 12.4. The van der Waals surface area contributed by atoms with Crippen LogP contribution in [0.15, 0.2) is 42.5 Å². The number of hydrogen-bond donors (Lipinski definition) is 1. The van der Waals surface area contributed by atoms with Crippen LogP contribution in [0.5, 0.6) is 5.75 Å². The van der Waals surface area contributed by atoms with Crippen LogP contribution >= 0.6 is 23.2 Å². The predicted molar refractivity (Wildman–Crippen MR) is 122 cm³/mol. The number of aromatic nitrogens is 1. The van der Waals surface area contributed by atoms with E-state index in [2.05, 4.69) is 10.3 Å². The van der Waals surface area contributed by atoms with Gasteiger partial charge >= 0.3 is 5.97 Å². The van der Waals surface area contributed by atoms with Crippen molar-refractivity contribution in [2.75, 3.05) is 37.5 Å². The van der Waals surface area contributed by atoms with Gasteiger partial charge in [0.15, 0.2) is 19.0 Å². The van der Waals surface area contributed by atoms with Gasteiger partial charge in [0.2, 0.25) is 0 Å².